The van der Waals surface area contributed by atoms with Crippen LogP contribution in [0.25, 0.3) is 17.2 Å². The number of benzene rings is 1. The number of nitrogens with two attached hydrogens (primary N) is 1. The molecule has 0 bridgehead atoms. The SMILES string of the molecule is Nn1c(SCC(=O)N2CC=C(c3ccccc3)CC2)nnc1-c1ccco1. The van der Waals surface area contributed by atoms with Crippen molar-refractivity contribution in [3.63, 3.8) is 0 Å². The van der Waals surface area contributed by atoms with Crippen molar-refractivity contribution in [2.24, 2.45) is 0 Å². The van der Waals surface area contributed by atoms with Crippen molar-refractivity contribution >= 4 is 23.2 Å². The van der Waals surface area contributed by atoms with Gasteiger partial charge in [-0.05, 0) is 29.7 Å². The van der Waals surface area contributed by atoms with Gasteiger partial charge in [-0.1, -0.05) is 48.2 Å². The zero-order valence-corrected chi connectivity index (χ0v) is 15.4. The maximum atomic E-state index is 12.5. The minimum Gasteiger partial charge on any atom is -0.461 e. The van der Waals surface area contributed by atoms with Gasteiger partial charge in [-0.2, -0.15) is 0 Å². The molecule has 4 rings (SSSR count). The number of rotatable bonds is 5. The number of thioether (sulfide) groups is 1. The van der Waals surface area contributed by atoms with Gasteiger partial charge in [-0.15, -0.1) is 10.2 Å². The third-order valence-corrected chi connectivity index (χ3v) is 5.37. The quantitative estimate of drug-likeness (QED) is 0.540. The highest BCUT2D eigenvalue weighted by Crippen LogP contribution is 2.24. The minimum absolute atomic E-state index is 0.0610. The summed E-state index contributed by atoms with van der Waals surface area (Å²) in [6.07, 6.45) is 4.53. The van der Waals surface area contributed by atoms with E-state index >= 15 is 0 Å². The molecule has 138 valence electrons. The number of hydrogen-bond acceptors (Lipinski definition) is 6. The minimum atomic E-state index is 0.0610. The third kappa shape index (κ3) is 3.75. The Bertz CT molecular complexity index is 950. The summed E-state index contributed by atoms with van der Waals surface area (Å²) in [6, 6.07) is 13.8. The first kappa shape index (κ1) is 17.4. The molecule has 0 aliphatic carbocycles. The standard InChI is InChI=1S/C19H19N5O2S/c20-24-18(16-7-4-12-26-16)21-22-19(24)27-13-17(25)23-10-8-15(9-11-23)14-5-2-1-3-6-14/h1-8,12H,9-11,13,20H2. The van der Waals surface area contributed by atoms with Crippen molar-refractivity contribution < 1.29 is 9.21 Å². The molecule has 8 heteroatoms. The molecule has 1 aliphatic heterocycles. The van der Waals surface area contributed by atoms with Gasteiger partial charge in [-0.25, -0.2) is 4.68 Å². The Balaban J connectivity index is 1.35. The average molecular weight is 381 g/mol. The summed E-state index contributed by atoms with van der Waals surface area (Å²) in [6.45, 7) is 1.34. The number of hydrogen-bond donors (Lipinski definition) is 1. The van der Waals surface area contributed by atoms with Gasteiger partial charge in [0, 0.05) is 13.1 Å². The van der Waals surface area contributed by atoms with Crippen LogP contribution in [0.4, 0.5) is 0 Å². The monoisotopic (exact) mass is 381 g/mol. The second kappa shape index (κ2) is 7.71. The Kier molecular flexibility index (Phi) is 4.97. The zero-order chi connectivity index (χ0) is 18.6. The van der Waals surface area contributed by atoms with E-state index in [0.29, 0.717) is 29.8 Å². The van der Waals surface area contributed by atoms with Gasteiger partial charge in [0.05, 0.1) is 12.0 Å². The molecule has 7 nitrogen and oxygen atoms in total. The van der Waals surface area contributed by atoms with Crippen LogP contribution >= 0.6 is 11.8 Å². The van der Waals surface area contributed by atoms with Crippen LogP contribution in [-0.4, -0.2) is 44.5 Å². The zero-order valence-electron chi connectivity index (χ0n) is 14.6. The Morgan fingerprint density at radius 3 is 2.74 bits per heavy atom. The van der Waals surface area contributed by atoms with E-state index < -0.39 is 0 Å². The lowest BCUT2D eigenvalue weighted by Crippen LogP contribution is -2.36. The van der Waals surface area contributed by atoms with Crippen LogP contribution in [0.5, 0.6) is 0 Å². The van der Waals surface area contributed by atoms with E-state index in [9.17, 15) is 4.79 Å². The molecular formula is C19H19N5O2S. The number of carbonyl (C=O) groups excluding carboxylic acids is 1. The van der Waals surface area contributed by atoms with Gasteiger partial charge in [0.25, 0.3) is 0 Å². The van der Waals surface area contributed by atoms with Crippen LogP contribution in [0.2, 0.25) is 0 Å². The molecule has 3 aromatic rings. The smallest absolute Gasteiger partial charge is 0.233 e. The van der Waals surface area contributed by atoms with Crippen LogP contribution in [0.15, 0.2) is 64.4 Å². The summed E-state index contributed by atoms with van der Waals surface area (Å²) >= 11 is 1.27. The molecule has 0 atom stereocenters. The van der Waals surface area contributed by atoms with E-state index in [2.05, 4.69) is 28.4 Å². The van der Waals surface area contributed by atoms with E-state index in [0.717, 1.165) is 6.42 Å². The van der Waals surface area contributed by atoms with Crippen molar-refractivity contribution in [1.82, 2.24) is 19.8 Å². The fourth-order valence-corrected chi connectivity index (χ4v) is 3.74. The first-order valence-corrected chi connectivity index (χ1v) is 9.60. The molecule has 1 amide bonds. The molecule has 0 saturated heterocycles. The normalized spacial score (nSPS) is 14.2. The van der Waals surface area contributed by atoms with Crippen LogP contribution < -0.4 is 5.84 Å². The van der Waals surface area contributed by atoms with Gasteiger partial charge in [-0.3, -0.25) is 4.79 Å². The lowest BCUT2D eigenvalue weighted by Gasteiger charge is -2.26. The Labute approximate surface area is 160 Å². The van der Waals surface area contributed by atoms with E-state index in [1.807, 2.05) is 23.1 Å². The van der Waals surface area contributed by atoms with Crippen LogP contribution in [0.1, 0.15) is 12.0 Å². The summed E-state index contributed by atoms with van der Waals surface area (Å²) in [4.78, 5) is 14.4. The second-order valence-corrected chi connectivity index (χ2v) is 7.07. The van der Waals surface area contributed by atoms with Crippen molar-refractivity contribution in [1.29, 1.82) is 0 Å². The lowest BCUT2D eigenvalue weighted by atomic mass is 10.00. The Hall–Kier alpha value is -3.00. The van der Waals surface area contributed by atoms with E-state index in [-0.39, 0.29) is 11.7 Å². The van der Waals surface area contributed by atoms with E-state index in [1.54, 1.807) is 18.4 Å². The average Bonchev–Trinajstić information content (AvgIpc) is 3.37. The molecule has 0 unspecified atom stereocenters. The molecule has 0 fully saturated rings. The Morgan fingerprint density at radius 2 is 2.04 bits per heavy atom. The number of furan rings is 1. The number of amides is 1. The second-order valence-electron chi connectivity index (χ2n) is 6.13. The first-order valence-electron chi connectivity index (χ1n) is 8.62. The Morgan fingerprint density at radius 1 is 1.19 bits per heavy atom. The van der Waals surface area contributed by atoms with Crippen LogP contribution in [-0.2, 0) is 4.79 Å². The molecule has 0 radical (unpaired) electrons. The summed E-state index contributed by atoms with van der Waals surface area (Å²) < 4.78 is 6.63. The number of carbonyl (C=O) groups is 1. The predicted octanol–water partition coefficient (Wildman–Crippen LogP) is 2.66. The van der Waals surface area contributed by atoms with Crippen LogP contribution in [0.3, 0.4) is 0 Å². The van der Waals surface area contributed by atoms with Gasteiger partial charge < -0.3 is 15.2 Å². The highest BCUT2D eigenvalue weighted by atomic mass is 32.2. The first-order chi connectivity index (χ1) is 13.2. The summed E-state index contributed by atoms with van der Waals surface area (Å²) in [5, 5.41) is 8.56. The third-order valence-electron chi connectivity index (χ3n) is 4.44. The lowest BCUT2D eigenvalue weighted by molar-refractivity contribution is -0.127. The summed E-state index contributed by atoms with van der Waals surface area (Å²) in [5.74, 6) is 7.32. The molecular weight excluding hydrogens is 362 g/mol. The maximum absolute atomic E-state index is 12.5. The maximum Gasteiger partial charge on any atom is 0.233 e. The fourth-order valence-electron chi connectivity index (χ4n) is 2.98. The molecule has 2 aromatic heterocycles. The number of nitrogen functional groups attached to an aromatic ring is 1. The van der Waals surface area contributed by atoms with Crippen molar-refractivity contribution in [2.75, 3.05) is 24.7 Å². The van der Waals surface area contributed by atoms with E-state index in [4.69, 9.17) is 10.3 Å². The van der Waals surface area contributed by atoms with Gasteiger partial charge in [0.15, 0.2) is 5.76 Å². The molecule has 27 heavy (non-hydrogen) atoms. The summed E-state index contributed by atoms with van der Waals surface area (Å²) in [7, 11) is 0. The fraction of sp³-hybridized carbons (Fsp3) is 0.211. The predicted molar refractivity (Wildman–Crippen MR) is 104 cm³/mol. The highest BCUT2D eigenvalue weighted by Gasteiger charge is 2.20. The van der Waals surface area contributed by atoms with Gasteiger partial charge >= 0.3 is 0 Å². The largest absolute Gasteiger partial charge is 0.461 e. The van der Waals surface area contributed by atoms with E-state index in [1.165, 1.54) is 27.6 Å². The molecule has 2 N–H and O–H groups in total. The summed E-state index contributed by atoms with van der Waals surface area (Å²) in [5.41, 5.74) is 2.51. The van der Waals surface area contributed by atoms with Crippen LogP contribution in [0, 0.1) is 0 Å². The number of aromatic nitrogens is 3. The van der Waals surface area contributed by atoms with Crippen molar-refractivity contribution in [3.8, 4) is 11.6 Å². The molecule has 1 aliphatic rings. The highest BCUT2D eigenvalue weighted by molar-refractivity contribution is 7.99. The molecule has 3 heterocycles. The topological polar surface area (TPSA) is 90.2 Å². The van der Waals surface area contributed by atoms with Gasteiger partial charge in [0.1, 0.15) is 0 Å². The van der Waals surface area contributed by atoms with Gasteiger partial charge in [0.2, 0.25) is 16.9 Å². The molecule has 0 spiro atoms. The van der Waals surface area contributed by atoms with Crippen molar-refractivity contribution in [3.05, 3.63) is 60.4 Å². The molecule has 1 aromatic carbocycles. The molecule has 0 saturated carbocycles. The number of nitrogens with zero attached hydrogens (tertiary/aromatic N) is 4. The van der Waals surface area contributed by atoms with Crippen molar-refractivity contribution in [2.45, 2.75) is 11.6 Å².